The van der Waals surface area contributed by atoms with Crippen LogP contribution in [0.5, 0.6) is 0 Å². The number of primary amides is 1. The van der Waals surface area contributed by atoms with E-state index in [0.717, 1.165) is 11.0 Å². The van der Waals surface area contributed by atoms with Crippen LogP contribution in [0.25, 0.3) is 0 Å². The zero-order chi connectivity index (χ0) is 42.0. The second-order valence-electron chi connectivity index (χ2n) is 13.3. The Morgan fingerprint density at radius 2 is 1.51 bits per heavy atom. The van der Waals surface area contributed by atoms with Crippen LogP contribution in [0.1, 0.15) is 20.3 Å². The highest BCUT2D eigenvalue weighted by molar-refractivity contribution is 6.31. The van der Waals surface area contributed by atoms with Crippen molar-refractivity contribution in [3.63, 3.8) is 0 Å². The minimum atomic E-state index is -1.85. The van der Waals surface area contributed by atoms with E-state index in [1.54, 1.807) is 68.5 Å². The summed E-state index contributed by atoms with van der Waals surface area (Å²) in [6, 6.07) is -1.62. The summed E-state index contributed by atoms with van der Waals surface area (Å²) in [5.74, 6) is -3.84. The largest absolute Gasteiger partial charge is 0.507 e. The molecular formula is C38H48Cl2N2O15. The predicted molar refractivity (Wildman–Crippen MR) is 203 cm³/mol. The van der Waals surface area contributed by atoms with E-state index in [0.29, 0.717) is 10.1 Å². The highest BCUT2D eigenvalue weighted by Crippen LogP contribution is 2.35. The van der Waals surface area contributed by atoms with E-state index in [-0.39, 0.29) is 0 Å². The molecule has 0 aromatic carbocycles. The standard InChI is InChI=1S/C38H48Cl2N2O15/c1-19(39)12-11-14-21(40)13-9-7-5-4-6-8-10-15-23(43)27-29(47)22(16-26(41)45)42(35(27)51)36-33(30(48)24(44)17-53-36)57-37-32(50)31(49)25(18-54-37)56-38-34(52-3)28(46)20(2)55-38/h4-15,20,22,24-25,28,30-34,36-38,43-44,46,48-50H,16-18H2,1-3H3,(H2,41,45)/b5-4+,8-6+,9-7+,14-11+,15-10+,19-12+,21-13+,27-23+/t20-,22+,24-,25-,28-,30+,31-,32+,33-,34+,36-,37+,38+/m1/s1. The molecule has 13 atom stereocenters. The molecule has 0 aromatic rings. The van der Waals surface area contributed by atoms with Crippen molar-refractivity contribution in [3.8, 4) is 0 Å². The zero-order valence-electron chi connectivity index (χ0n) is 31.2. The summed E-state index contributed by atoms with van der Waals surface area (Å²) in [7, 11) is 1.34. The first-order chi connectivity index (χ1) is 27.1. The van der Waals surface area contributed by atoms with Crippen LogP contribution < -0.4 is 5.73 Å². The summed E-state index contributed by atoms with van der Waals surface area (Å²) >= 11 is 11.8. The first-order valence-corrected chi connectivity index (χ1v) is 18.6. The molecule has 2 amide bonds. The van der Waals surface area contributed by atoms with Gasteiger partial charge in [-0.1, -0.05) is 71.8 Å². The molecule has 19 heteroatoms. The molecule has 0 unspecified atom stereocenters. The number of carbonyl (C=O) groups excluding carboxylic acids is 3. The number of hydrogen-bond acceptors (Lipinski definition) is 15. The zero-order valence-corrected chi connectivity index (χ0v) is 32.7. The number of carbonyl (C=O) groups is 3. The lowest BCUT2D eigenvalue weighted by Gasteiger charge is -2.46. The Bertz CT molecular complexity index is 1690. The van der Waals surface area contributed by atoms with Crippen molar-refractivity contribution in [1.82, 2.24) is 4.90 Å². The van der Waals surface area contributed by atoms with Gasteiger partial charge in [0.25, 0.3) is 5.91 Å². The lowest BCUT2D eigenvalue weighted by Crippen LogP contribution is -2.65. The number of ether oxygens (including phenoxy) is 6. The van der Waals surface area contributed by atoms with E-state index >= 15 is 0 Å². The summed E-state index contributed by atoms with van der Waals surface area (Å²) in [5.41, 5.74) is 4.71. The first kappa shape index (κ1) is 46.2. The number of ketones is 1. The number of amides is 2. The number of likely N-dealkylation sites (tertiary alicyclic amines) is 1. The highest BCUT2D eigenvalue weighted by atomic mass is 35.5. The maximum absolute atomic E-state index is 13.8. The Morgan fingerprint density at radius 1 is 0.842 bits per heavy atom. The second kappa shape index (κ2) is 21.5. The van der Waals surface area contributed by atoms with Crippen molar-refractivity contribution in [2.45, 2.75) is 100 Å². The molecule has 0 bridgehead atoms. The molecule has 0 saturated carbocycles. The quantitative estimate of drug-likeness (QED) is 0.0514. The van der Waals surface area contributed by atoms with Gasteiger partial charge >= 0.3 is 0 Å². The Labute approximate surface area is 338 Å². The van der Waals surface area contributed by atoms with Crippen LogP contribution in [-0.4, -0.2) is 153 Å². The first-order valence-electron chi connectivity index (χ1n) is 17.8. The van der Waals surface area contributed by atoms with Crippen LogP contribution in [0.3, 0.4) is 0 Å². The summed E-state index contributed by atoms with van der Waals surface area (Å²) in [6.45, 7) is 2.37. The minimum absolute atomic E-state index is 0.405. The van der Waals surface area contributed by atoms with Crippen molar-refractivity contribution < 1.29 is 73.4 Å². The van der Waals surface area contributed by atoms with Crippen LogP contribution >= 0.6 is 23.2 Å². The van der Waals surface area contributed by atoms with Crippen molar-refractivity contribution in [2.24, 2.45) is 5.73 Å². The van der Waals surface area contributed by atoms with Crippen molar-refractivity contribution >= 4 is 40.8 Å². The van der Waals surface area contributed by atoms with Gasteiger partial charge in [0, 0.05) is 17.2 Å². The van der Waals surface area contributed by atoms with Crippen molar-refractivity contribution in [3.05, 3.63) is 94.3 Å². The molecule has 0 spiro atoms. The summed E-state index contributed by atoms with van der Waals surface area (Å²) in [5, 5.41) is 65.7. The molecule has 0 radical (unpaired) electrons. The predicted octanol–water partition coefficient (Wildman–Crippen LogP) is 0.547. The number of halogens is 2. The minimum Gasteiger partial charge on any atom is -0.507 e. The van der Waals surface area contributed by atoms with Gasteiger partial charge in [-0.25, -0.2) is 0 Å². The molecule has 0 aromatic heterocycles. The normalized spacial score (nSPS) is 37.0. The number of hydrogen-bond donors (Lipinski definition) is 7. The van der Waals surface area contributed by atoms with Crippen molar-refractivity contribution in [2.75, 3.05) is 20.3 Å². The van der Waals surface area contributed by atoms with Gasteiger partial charge in [-0.15, -0.1) is 0 Å². The number of Topliss-reactive ketones (excluding diaryl/α,β-unsaturated/α-hetero) is 1. The molecule has 4 heterocycles. The molecule has 0 aliphatic carbocycles. The van der Waals surface area contributed by atoms with Crippen LogP contribution in [0.15, 0.2) is 94.3 Å². The van der Waals surface area contributed by atoms with Crippen LogP contribution in [0.2, 0.25) is 0 Å². The van der Waals surface area contributed by atoms with E-state index in [4.69, 9.17) is 57.4 Å². The topological polar surface area (TPSA) is 257 Å². The smallest absolute Gasteiger partial charge is 0.264 e. The number of aliphatic hydroxyl groups is 6. The highest BCUT2D eigenvalue weighted by Gasteiger charge is 2.56. The lowest BCUT2D eigenvalue weighted by molar-refractivity contribution is -0.338. The SMILES string of the molecule is CO[C@@H]1[C@H](O[C@@H]2CO[C@@H](O[C@@H]3[C@@H](O)[C@H](O)CO[C@H]3N3C(=O)\C(=C(O)/C=C/C=C/C=C/C=C/C=C(Cl)\C=C\C=C(/C)Cl)C(=O)[C@@H]3CC(N)=O)[C@@H](O)[C@@H]2O)O[C@H](C)[C@H]1O. The fourth-order valence-corrected chi connectivity index (χ4v) is 6.48. The molecule has 17 nitrogen and oxygen atoms in total. The Kier molecular flexibility index (Phi) is 17.4. The third-order valence-corrected chi connectivity index (χ3v) is 9.58. The summed E-state index contributed by atoms with van der Waals surface area (Å²) in [6.07, 6.45) is 1.26. The van der Waals surface area contributed by atoms with Gasteiger partial charge < -0.3 is 64.8 Å². The van der Waals surface area contributed by atoms with E-state index in [2.05, 4.69) is 0 Å². The van der Waals surface area contributed by atoms with Gasteiger partial charge in [-0.05, 0) is 38.2 Å². The molecular weight excluding hydrogens is 795 g/mol. The van der Waals surface area contributed by atoms with Gasteiger partial charge in [0.1, 0.15) is 66.2 Å². The number of nitrogens with two attached hydrogens (primary N) is 1. The number of methoxy groups -OCH3 is 1. The number of nitrogens with zero attached hydrogens (tertiary/aromatic N) is 1. The Hall–Kier alpha value is -3.53. The fourth-order valence-electron chi connectivity index (χ4n) is 6.26. The van der Waals surface area contributed by atoms with Gasteiger partial charge in [-0.3, -0.25) is 19.3 Å². The second-order valence-corrected chi connectivity index (χ2v) is 14.4. The number of aliphatic hydroxyl groups excluding tert-OH is 6. The van der Waals surface area contributed by atoms with E-state index in [1.165, 1.54) is 19.3 Å². The summed E-state index contributed by atoms with van der Waals surface area (Å²) < 4.78 is 33.7. The van der Waals surface area contributed by atoms with Crippen LogP contribution in [0.4, 0.5) is 0 Å². The monoisotopic (exact) mass is 842 g/mol. The molecule has 8 N–H and O–H groups in total. The molecule has 4 aliphatic heterocycles. The molecule has 4 saturated heterocycles. The molecule has 4 aliphatic rings. The summed E-state index contributed by atoms with van der Waals surface area (Å²) in [4.78, 5) is 40.3. The average Bonchev–Trinajstić information content (AvgIpc) is 3.56. The maximum atomic E-state index is 13.8. The number of rotatable bonds is 15. The van der Waals surface area contributed by atoms with E-state index < -0.39 is 128 Å². The molecule has 57 heavy (non-hydrogen) atoms. The molecule has 314 valence electrons. The maximum Gasteiger partial charge on any atom is 0.264 e. The fraction of sp³-hybridized carbons (Fsp3) is 0.500. The van der Waals surface area contributed by atoms with Crippen LogP contribution in [-0.2, 0) is 42.8 Å². The average molecular weight is 844 g/mol. The third-order valence-electron chi connectivity index (χ3n) is 9.21. The number of allylic oxidation sites excluding steroid dienone is 14. The van der Waals surface area contributed by atoms with E-state index in [9.17, 15) is 45.0 Å². The van der Waals surface area contributed by atoms with Crippen LogP contribution in [0, 0.1) is 0 Å². The molecule has 4 rings (SSSR count). The Morgan fingerprint density at radius 3 is 2.16 bits per heavy atom. The van der Waals surface area contributed by atoms with Gasteiger partial charge in [0.15, 0.2) is 24.6 Å². The molecule has 4 fully saturated rings. The van der Waals surface area contributed by atoms with Gasteiger partial charge in [0.05, 0.1) is 25.7 Å². The van der Waals surface area contributed by atoms with Crippen molar-refractivity contribution in [1.29, 1.82) is 0 Å². The third kappa shape index (κ3) is 11.8. The lowest BCUT2D eigenvalue weighted by atomic mass is 10.0. The Balaban J connectivity index is 1.48. The van der Waals surface area contributed by atoms with E-state index in [1.807, 2.05) is 0 Å². The van der Waals surface area contributed by atoms with Gasteiger partial charge in [-0.2, -0.15) is 0 Å². The van der Waals surface area contributed by atoms with Gasteiger partial charge in [0.2, 0.25) is 5.91 Å².